The second kappa shape index (κ2) is 16.3. The van der Waals surface area contributed by atoms with E-state index in [1.807, 2.05) is 0 Å². The zero-order valence-corrected chi connectivity index (χ0v) is 18.9. The number of hydrogen-bond acceptors (Lipinski definition) is 5. The summed E-state index contributed by atoms with van der Waals surface area (Å²) in [5.41, 5.74) is -0.0231. The largest absolute Gasteiger partial charge is 2.00 e. The van der Waals surface area contributed by atoms with Gasteiger partial charge in [0.2, 0.25) is 6.41 Å². The van der Waals surface area contributed by atoms with Gasteiger partial charge in [-0.3, -0.25) is 14.4 Å². The summed E-state index contributed by atoms with van der Waals surface area (Å²) >= 11 is 21.9. The topological polar surface area (TPSA) is 134 Å². The third-order valence-electron chi connectivity index (χ3n) is 2.54. The molecule has 1 amide bonds. The van der Waals surface area contributed by atoms with E-state index in [0.29, 0.717) is 12.6 Å². The Hall–Kier alpha value is -1.54. The molecule has 0 bridgehead atoms. The summed E-state index contributed by atoms with van der Waals surface area (Å²) in [6, 6.07) is 5.17. The molecule has 0 saturated carbocycles. The average molecular weight is 531 g/mol. The van der Waals surface area contributed by atoms with E-state index in [1.165, 1.54) is 29.2 Å². The molecule has 2 rings (SSSR count). The Balaban J connectivity index is -0.000000361. The Labute approximate surface area is 197 Å². The second-order valence-corrected chi connectivity index (χ2v) is 6.60. The number of halogens is 4. The van der Waals surface area contributed by atoms with Gasteiger partial charge >= 0.3 is 16.5 Å². The van der Waals surface area contributed by atoms with Gasteiger partial charge in [-0.15, -0.1) is 0 Å². The molecule has 0 aliphatic rings. The van der Waals surface area contributed by atoms with Crippen molar-refractivity contribution in [1.29, 1.82) is 0 Å². The molecule has 29 heavy (non-hydrogen) atoms. The molecule has 0 spiro atoms. The van der Waals surface area contributed by atoms with Crippen molar-refractivity contribution in [3.63, 3.8) is 0 Å². The Kier molecular flexibility index (Phi) is 18.0. The van der Waals surface area contributed by atoms with Crippen LogP contribution in [0.25, 0.3) is 0 Å². The van der Waals surface area contributed by atoms with Crippen molar-refractivity contribution < 1.29 is 46.6 Å². The summed E-state index contributed by atoms with van der Waals surface area (Å²) < 4.78 is 0. The van der Waals surface area contributed by atoms with E-state index in [4.69, 9.17) is 46.4 Å². The van der Waals surface area contributed by atoms with Gasteiger partial charge in [-0.2, -0.15) is 0 Å². The van der Waals surface area contributed by atoms with Gasteiger partial charge in [-0.1, -0.05) is 57.9 Å². The fourth-order valence-corrected chi connectivity index (χ4v) is 2.35. The molecule has 0 heterocycles. The van der Waals surface area contributed by atoms with E-state index in [9.17, 15) is 24.6 Å². The van der Waals surface area contributed by atoms with Crippen LogP contribution in [0.15, 0.2) is 24.3 Å². The van der Waals surface area contributed by atoms with Gasteiger partial charge in [0.25, 0.3) is 0 Å². The minimum absolute atomic E-state index is 0. The van der Waals surface area contributed by atoms with Crippen LogP contribution in [0.2, 0.25) is 20.1 Å². The first kappa shape index (κ1) is 32.1. The first-order chi connectivity index (χ1) is 12.6. The first-order valence-corrected chi connectivity index (χ1v) is 8.42. The molecule has 162 valence electrons. The molecule has 7 nitrogen and oxygen atoms in total. The number of rotatable bonds is 3. The van der Waals surface area contributed by atoms with Crippen molar-refractivity contribution in [3.05, 3.63) is 55.5 Å². The van der Waals surface area contributed by atoms with Crippen LogP contribution in [-0.4, -0.2) is 38.0 Å². The third-order valence-corrected chi connectivity index (χ3v) is 3.54. The van der Waals surface area contributed by atoms with Crippen LogP contribution < -0.4 is 10.2 Å². The number of carbonyl (C=O) groups excluding carboxylic acids is 3. The molecular formula is C17H16Cl4NNiO6+. The van der Waals surface area contributed by atoms with Crippen molar-refractivity contribution in [2.45, 2.75) is 0 Å². The second-order valence-electron chi connectivity index (χ2n) is 4.92. The summed E-state index contributed by atoms with van der Waals surface area (Å²) in [5, 5.41) is 22.4. The summed E-state index contributed by atoms with van der Waals surface area (Å²) in [6.07, 6.45) is 1.61. The summed E-state index contributed by atoms with van der Waals surface area (Å²) in [7, 11) is 3.38. The zero-order valence-electron chi connectivity index (χ0n) is 14.9. The van der Waals surface area contributed by atoms with E-state index in [0.717, 1.165) is 6.41 Å². The van der Waals surface area contributed by atoms with Gasteiger partial charge in [0.15, 0.2) is 0 Å². The Morgan fingerprint density at radius 2 is 1.03 bits per heavy atom. The minimum atomic E-state index is -0.480. The quantitative estimate of drug-likeness (QED) is 0.341. The molecule has 0 aliphatic carbocycles. The molecule has 3 N–H and O–H groups in total. The zero-order chi connectivity index (χ0) is 21.1. The van der Waals surface area contributed by atoms with Crippen molar-refractivity contribution in [3.8, 4) is 11.5 Å². The molecule has 0 unspecified atom stereocenters. The molecule has 0 saturated heterocycles. The molecule has 2 aromatic rings. The van der Waals surface area contributed by atoms with Crippen molar-refractivity contribution in [2.75, 3.05) is 14.1 Å². The smallest absolute Gasteiger partial charge is 0.871 e. The number of carbonyl (C=O) groups is 3. The Bertz CT molecular complexity index is 759. The number of nitrogens with zero attached hydrogens (tertiary/aromatic N) is 1. The van der Waals surface area contributed by atoms with Crippen LogP contribution in [0.1, 0.15) is 20.7 Å². The maximum absolute atomic E-state index is 10.9. The van der Waals surface area contributed by atoms with E-state index in [1.54, 1.807) is 14.1 Å². The monoisotopic (exact) mass is 528 g/mol. The molecule has 12 heteroatoms. The van der Waals surface area contributed by atoms with Crippen LogP contribution in [0.4, 0.5) is 0 Å². The number of aldehydes is 2. The van der Waals surface area contributed by atoms with Crippen LogP contribution in [0, 0.1) is 0 Å². The minimum Gasteiger partial charge on any atom is -0.871 e. The SMILES string of the molecule is CN(C)C=O.O=Cc1cc(Cl)cc(Cl)c1[O-].O=Cc1cc(Cl)cc(Cl)c1[O-].[Ni+2].[OH3+]. The van der Waals surface area contributed by atoms with Gasteiger partial charge in [0.05, 0.1) is 0 Å². The number of benzene rings is 2. The maximum Gasteiger partial charge on any atom is 2.00 e. The van der Waals surface area contributed by atoms with Gasteiger partial charge in [0, 0.05) is 45.3 Å². The molecule has 0 aliphatic heterocycles. The van der Waals surface area contributed by atoms with E-state index >= 15 is 0 Å². The summed E-state index contributed by atoms with van der Waals surface area (Å²) in [5.74, 6) is -0.961. The fraction of sp³-hybridized carbons (Fsp3) is 0.118. The molecular weight excluding hydrogens is 515 g/mol. The normalized spacial score (nSPS) is 8.48. The molecule has 0 aromatic heterocycles. The number of amides is 1. The van der Waals surface area contributed by atoms with Crippen LogP contribution in [0.5, 0.6) is 11.5 Å². The molecule has 0 fully saturated rings. The van der Waals surface area contributed by atoms with E-state index in [-0.39, 0.29) is 53.2 Å². The third kappa shape index (κ3) is 11.9. The van der Waals surface area contributed by atoms with Gasteiger partial charge in [0.1, 0.15) is 12.6 Å². The number of hydrogen-bond donors (Lipinski definition) is 0. The fourth-order valence-electron chi connectivity index (χ4n) is 1.34. The predicted octanol–water partition coefficient (Wildman–Crippen LogP) is 2.54. The van der Waals surface area contributed by atoms with Crippen molar-refractivity contribution in [1.82, 2.24) is 4.90 Å². The first-order valence-electron chi connectivity index (χ1n) is 6.91. The Morgan fingerprint density at radius 3 is 1.24 bits per heavy atom. The van der Waals surface area contributed by atoms with Crippen LogP contribution in [0.3, 0.4) is 0 Å². The van der Waals surface area contributed by atoms with E-state index in [2.05, 4.69) is 0 Å². The van der Waals surface area contributed by atoms with Crippen LogP contribution in [-0.2, 0) is 26.8 Å². The van der Waals surface area contributed by atoms with Crippen LogP contribution >= 0.6 is 46.4 Å². The van der Waals surface area contributed by atoms with Gasteiger partial charge in [-0.25, -0.2) is 0 Å². The van der Waals surface area contributed by atoms with Crippen molar-refractivity contribution in [2.24, 2.45) is 0 Å². The standard InChI is InChI=1S/2C7H4Cl2O2.C3H7NO.Ni.H2O/c2*8-5-1-4(3-10)7(11)6(9)2-5;1-4(2)3-5;;/h2*1-3,11H;3H,1-2H3;;1H2/q;;;+2;/p-1. The molecule has 0 radical (unpaired) electrons. The summed E-state index contributed by atoms with van der Waals surface area (Å²) in [6.45, 7) is 0. The van der Waals surface area contributed by atoms with Gasteiger partial charge < -0.3 is 20.6 Å². The predicted molar refractivity (Wildman–Crippen MR) is 107 cm³/mol. The van der Waals surface area contributed by atoms with Gasteiger partial charge in [-0.05, 0) is 24.3 Å². The van der Waals surface area contributed by atoms with E-state index < -0.39 is 11.5 Å². The maximum atomic E-state index is 10.9. The molecule has 0 atom stereocenters. The van der Waals surface area contributed by atoms with Crippen molar-refractivity contribution >= 4 is 65.4 Å². The summed E-state index contributed by atoms with van der Waals surface area (Å²) in [4.78, 5) is 31.3. The Morgan fingerprint density at radius 1 is 0.759 bits per heavy atom. The average Bonchev–Trinajstić information content (AvgIpc) is 2.62. The molecule has 2 aromatic carbocycles.